The molecule has 0 saturated heterocycles. The third kappa shape index (κ3) is 5.77. The van der Waals surface area contributed by atoms with Crippen LogP contribution >= 0.6 is 24.0 Å². The maximum absolute atomic E-state index is 11.6. The van der Waals surface area contributed by atoms with Crippen molar-refractivity contribution in [2.75, 3.05) is 18.4 Å². The second-order valence-electron chi connectivity index (χ2n) is 4.39. The summed E-state index contributed by atoms with van der Waals surface area (Å²) in [5.74, 6) is -0.883. The highest BCUT2D eigenvalue weighted by atomic mass is 35.5. The van der Waals surface area contributed by atoms with Crippen LogP contribution in [-0.4, -0.2) is 24.9 Å². The lowest BCUT2D eigenvalue weighted by atomic mass is 10.2. The van der Waals surface area contributed by atoms with E-state index in [0.717, 1.165) is 5.56 Å². The maximum Gasteiger partial charge on any atom is 0.243 e. The summed E-state index contributed by atoms with van der Waals surface area (Å²) in [6.45, 7) is 3.75. The molecule has 0 heterocycles. The molecule has 0 saturated carbocycles. The molecule has 1 unspecified atom stereocenters. The molecule has 0 fully saturated rings. The Bertz CT molecular complexity index is 481. The van der Waals surface area contributed by atoms with Crippen molar-refractivity contribution in [3.63, 3.8) is 0 Å². The van der Waals surface area contributed by atoms with Crippen molar-refractivity contribution >= 4 is 41.5 Å². The maximum atomic E-state index is 11.6. The van der Waals surface area contributed by atoms with E-state index in [-0.39, 0.29) is 43.2 Å². The smallest absolute Gasteiger partial charge is 0.243 e. The average molecular weight is 320 g/mol. The monoisotopic (exact) mass is 319 g/mol. The Morgan fingerprint density at radius 3 is 2.60 bits per heavy atom. The fourth-order valence-electron chi connectivity index (χ4n) is 1.36. The number of carbonyl (C=O) groups excluding carboxylic acids is 2. The summed E-state index contributed by atoms with van der Waals surface area (Å²) in [6.07, 6.45) is 0. The highest BCUT2D eigenvalue weighted by molar-refractivity contribution is 6.33. The number of aryl methyl sites for hydroxylation is 1. The van der Waals surface area contributed by atoms with Crippen LogP contribution in [0.4, 0.5) is 5.69 Å². The van der Waals surface area contributed by atoms with E-state index in [9.17, 15) is 9.59 Å². The Kier molecular flexibility index (Phi) is 8.22. The van der Waals surface area contributed by atoms with Gasteiger partial charge in [-0.15, -0.1) is 12.4 Å². The van der Waals surface area contributed by atoms with Gasteiger partial charge in [-0.1, -0.05) is 24.6 Å². The molecule has 0 aliphatic rings. The Morgan fingerprint density at radius 1 is 1.40 bits per heavy atom. The number of anilines is 1. The average Bonchev–Trinajstić information content (AvgIpc) is 2.38. The van der Waals surface area contributed by atoms with Crippen LogP contribution in [0, 0.1) is 12.8 Å². The number of halogens is 2. The topological polar surface area (TPSA) is 84.2 Å². The van der Waals surface area contributed by atoms with Crippen molar-refractivity contribution in [3.8, 4) is 0 Å². The minimum atomic E-state index is -0.330. The van der Waals surface area contributed by atoms with Crippen molar-refractivity contribution in [1.29, 1.82) is 0 Å². The molecule has 4 N–H and O–H groups in total. The molecule has 2 amide bonds. The minimum absolute atomic E-state index is 0. The lowest BCUT2D eigenvalue weighted by molar-refractivity contribution is -0.126. The molecule has 1 aromatic rings. The van der Waals surface area contributed by atoms with Gasteiger partial charge in [0.2, 0.25) is 11.8 Å². The molecule has 0 bridgehead atoms. The van der Waals surface area contributed by atoms with Gasteiger partial charge in [0.15, 0.2) is 0 Å². The van der Waals surface area contributed by atoms with Gasteiger partial charge in [-0.3, -0.25) is 9.59 Å². The van der Waals surface area contributed by atoms with Gasteiger partial charge in [-0.25, -0.2) is 0 Å². The highest BCUT2D eigenvalue weighted by Gasteiger charge is 2.12. The number of rotatable bonds is 5. The van der Waals surface area contributed by atoms with Gasteiger partial charge in [0.05, 0.1) is 17.3 Å². The van der Waals surface area contributed by atoms with Crippen LogP contribution < -0.4 is 16.4 Å². The third-order valence-electron chi connectivity index (χ3n) is 2.62. The predicted octanol–water partition coefficient (Wildman–Crippen LogP) is 1.72. The zero-order valence-electron chi connectivity index (χ0n) is 11.4. The number of benzene rings is 1. The van der Waals surface area contributed by atoms with E-state index in [0.29, 0.717) is 10.7 Å². The number of amides is 2. The number of carbonyl (C=O) groups is 2. The number of hydrogen-bond donors (Lipinski definition) is 3. The summed E-state index contributed by atoms with van der Waals surface area (Å²) < 4.78 is 0. The fraction of sp³-hybridized carbons (Fsp3) is 0.385. The highest BCUT2D eigenvalue weighted by Crippen LogP contribution is 2.22. The van der Waals surface area contributed by atoms with Gasteiger partial charge in [0.25, 0.3) is 0 Å². The van der Waals surface area contributed by atoms with Crippen LogP contribution in [0.2, 0.25) is 5.02 Å². The molecule has 0 radical (unpaired) electrons. The van der Waals surface area contributed by atoms with E-state index < -0.39 is 0 Å². The van der Waals surface area contributed by atoms with Gasteiger partial charge < -0.3 is 16.4 Å². The number of nitrogens with two attached hydrogens (primary N) is 1. The van der Waals surface area contributed by atoms with Gasteiger partial charge in [-0.2, -0.15) is 0 Å². The Balaban J connectivity index is 0.00000361. The van der Waals surface area contributed by atoms with Crippen LogP contribution in [0.3, 0.4) is 0 Å². The van der Waals surface area contributed by atoms with Crippen molar-refractivity contribution in [2.45, 2.75) is 13.8 Å². The Morgan fingerprint density at radius 2 is 2.05 bits per heavy atom. The molecule has 1 rings (SSSR count). The van der Waals surface area contributed by atoms with Crippen LogP contribution in [0.15, 0.2) is 18.2 Å². The molecule has 0 spiro atoms. The lowest BCUT2D eigenvalue weighted by Crippen LogP contribution is -2.38. The van der Waals surface area contributed by atoms with Crippen LogP contribution in [-0.2, 0) is 9.59 Å². The zero-order chi connectivity index (χ0) is 14.4. The summed E-state index contributed by atoms with van der Waals surface area (Å²) >= 11 is 5.99. The second-order valence-corrected chi connectivity index (χ2v) is 4.79. The molecule has 5 nitrogen and oxygen atoms in total. The SMILES string of the molecule is Cc1ccc(NC(=O)CNC(=O)C(C)CN)c(Cl)c1.Cl. The first-order chi connectivity index (χ1) is 8.93. The van der Waals surface area contributed by atoms with Crippen molar-refractivity contribution in [1.82, 2.24) is 5.32 Å². The van der Waals surface area contributed by atoms with Gasteiger partial charge >= 0.3 is 0 Å². The molecule has 0 aliphatic heterocycles. The van der Waals surface area contributed by atoms with Crippen LogP contribution in [0.25, 0.3) is 0 Å². The van der Waals surface area contributed by atoms with Crippen LogP contribution in [0.1, 0.15) is 12.5 Å². The normalized spacial score (nSPS) is 11.2. The van der Waals surface area contributed by atoms with Gasteiger partial charge in [0.1, 0.15) is 0 Å². The lowest BCUT2D eigenvalue weighted by Gasteiger charge is -2.11. The largest absolute Gasteiger partial charge is 0.347 e. The van der Waals surface area contributed by atoms with E-state index in [1.807, 2.05) is 13.0 Å². The molecule has 0 aliphatic carbocycles. The zero-order valence-corrected chi connectivity index (χ0v) is 13.0. The number of hydrogen-bond acceptors (Lipinski definition) is 3. The van der Waals surface area contributed by atoms with Crippen molar-refractivity contribution in [2.24, 2.45) is 11.7 Å². The summed E-state index contributed by atoms with van der Waals surface area (Å²) in [6, 6.07) is 5.32. The molecule has 1 aromatic carbocycles. The van der Waals surface area contributed by atoms with E-state index in [1.54, 1.807) is 19.1 Å². The molecule has 112 valence electrons. The molecular weight excluding hydrogens is 301 g/mol. The second kappa shape index (κ2) is 8.79. The molecule has 0 aromatic heterocycles. The molecule has 20 heavy (non-hydrogen) atoms. The molecular formula is C13H19Cl2N3O2. The van der Waals surface area contributed by atoms with Crippen LogP contribution in [0.5, 0.6) is 0 Å². The standard InChI is InChI=1S/C13H18ClN3O2.ClH/c1-8-3-4-11(10(14)5-8)17-12(18)7-16-13(19)9(2)6-15;/h3-5,9H,6-7,15H2,1-2H3,(H,16,19)(H,17,18);1H. The quantitative estimate of drug-likeness (QED) is 0.772. The Labute approximate surface area is 129 Å². The van der Waals surface area contributed by atoms with Gasteiger partial charge in [-0.05, 0) is 24.6 Å². The fourth-order valence-corrected chi connectivity index (χ4v) is 1.65. The van der Waals surface area contributed by atoms with Gasteiger partial charge in [0, 0.05) is 12.5 Å². The van der Waals surface area contributed by atoms with E-state index >= 15 is 0 Å². The van der Waals surface area contributed by atoms with E-state index in [2.05, 4.69) is 10.6 Å². The van der Waals surface area contributed by atoms with Crippen molar-refractivity contribution < 1.29 is 9.59 Å². The van der Waals surface area contributed by atoms with E-state index in [4.69, 9.17) is 17.3 Å². The molecule has 7 heteroatoms. The number of nitrogens with one attached hydrogen (secondary N) is 2. The summed E-state index contributed by atoms with van der Waals surface area (Å²) in [5, 5.41) is 5.61. The minimum Gasteiger partial charge on any atom is -0.347 e. The third-order valence-corrected chi connectivity index (χ3v) is 2.94. The first-order valence-corrected chi connectivity index (χ1v) is 6.35. The van der Waals surface area contributed by atoms with E-state index in [1.165, 1.54) is 0 Å². The predicted molar refractivity (Wildman–Crippen MR) is 83.3 cm³/mol. The first-order valence-electron chi connectivity index (χ1n) is 5.97. The van der Waals surface area contributed by atoms with Crippen molar-refractivity contribution in [3.05, 3.63) is 28.8 Å². The molecule has 1 atom stereocenters. The summed E-state index contributed by atoms with van der Waals surface area (Å²) in [4.78, 5) is 23.1. The summed E-state index contributed by atoms with van der Waals surface area (Å²) in [5.41, 5.74) is 6.89. The first kappa shape index (κ1) is 18.7. The Hall–Kier alpha value is -1.30. The summed E-state index contributed by atoms with van der Waals surface area (Å²) in [7, 11) is 0.